The van der Waals surface area contributed by atoms with E-state index in [2.05, 4.69) is 10.3 Å². The fraction of sp³-hybridized carbons (Fsp3) is 0.167. The first kappa shape index (κ1) is 9.89. The molecule has 2 heterocycles. The van der Waals surface area contributed by atoms with Crippen LogP contribution in [-0.2, 0) is 7.05 Å². The maximum atomic E-state index is 11.4. The van der Waals surface area contributed by atoms with E-state index in [0.717, 1.165) is 17.0 Å². The number of aryl methyl sites for hydroxylation is 2. The summed E-state index contributed by atoms with van der Waals surface area (Å²) in [5, 5.41) is 3.13. The third-order valence-electron chi connectivity index (χ3n) is 2.75. The molecule has 0 bridgehead atoms. The number of para-hydroxylation sites is 1. The Labute approximate surface area is 97.7 Å². The fourth-order valence-corrected chi connectivity index (χ4v) is 1.81. The van der Waals surface area contributed by atoms with E-state index < -0.39 is 0 Å². The Bertz CT molecular complexity index is 661. The highest BCUT2D eigenvalue weighted by atomic mass is 16.5. The third kappa shape index (κ3) is 1.47. The standard InChI is InChI=1S/C12H11N3O2/c1-7-4-3-5-8-10(7)13-11-9(17-8)6-15(2)12(16)14-11/h3-6H,1-2H3,(H,13,14,16). The molecule has 0 spiro atoms. The quantitative estimate of drug-likeness (QED) is 0.640. The Morgan fingerprint density at radius 1 is 1.35 bits per heavy atom. The highest BCUT2D eigenvalue weighted by molar-refractivity contribution is 5.74. The fourth-order valence-electron chi connectivity index (χ4n) is 1.81. The zero-order chi connectivity index (χ0) is 12.0. The Kier molecular flexibility index (Phi) is 1.95. The molecule has 1 aromatic heterocycles. The number of benzene rings is 1. The lowest BCUT2D eigenvalue weighted by molar-refractivity contribution is 0.469. The van der Waals surface area contributed by atoms with Crippen LogP contribution in [0.2, 0.25) is 0 Å². The van der Waals surface area contributed by atoms with E-state index in [1.165, 1.54) is 4.57 Å². The molecule has 5 nitrogen and oxygen atoms in total. The summed E-state index contributed by atoms with van der Waals surface area (Å²) in [4.78, 5) is 15.4. The van der Waals surface area contributed by atoms with E-state index in [9.17, 15) is 4.79 Å². The van der Waals surface area contributed by atoms with Gasteiger partial charge in [-0.15, -0.1) is 0 Å². The first-order valence-corrected chi connectivity index (χ1v) is 5.27. The van der Waals surface area contributed by atoms with Gasteiger partial charge in [0, 0.05) is 7.05 Å². The van der Waals surface area contributed by atoms with Crippen molar-refractivity contribution >= 4 is 11.5 Å². The van der Waals surface area contributed by atoms with Gasteiger partial charge in [0.1, 0.15) is 0 Å². The van der Waals surface area contributed by atoms with Crippen molar-refractivity contribution in [3.63, 3.8) is 0 Å². The van der Waals surface area contributed by atoms with Gasteiger partial charge in [-0.1, -0.05) is 12.1 Å². The first-order valence-electron chi connectivity index (χ1n) is 5.27. The summed E-state index contributed by atoms with van der Waals surface area (Å²) < 4.78 is 7.10. The minimum Gasteiger partial charge on any atom is -0.450 e. The molecular formula is C12H11N3O2. The number of nitrogens with zero attached hydrogens (tertiary/aromatic N) is 2. The summed E-state index contributed by atoms with van der Waals surface area (Å²) in [6.07, 6.45) is 1.63. The van der Waals surface area contributed by atoms with Crippen LogP contribution in [0.15, 0.2) is 29.2 Å². The van der Waals surface area contributed by atoms with Crippen LogP contribution < -0.4 is 15.7 Å². The summed E-state index contributed by atoms with van der Waals surface area (Å²) in [5.74, 6) is 1.78. The van der Waals surface area contributed by atoms with Crippen molar-refractivity contribution in [1.82, 2.24) is 9.55 Å². The molecule has 2 aromatic rings. The molecule has 86 valence electrons. The van der Waals surface area contributed by atoms with E-state index in [1.807, 2.05) is 25.1 Å². The number of hydrogen-bond donors (Lipinski definition) is 1. The van der Waals surface area contributed by atoms with Crippen molar-refractivity contribution in [2.45, 2.75) is 6.92 Å². The molecule has 0 saturated carbocycles. The molecule has 0 saturated heterocycles. The topological polar surface area (TPSA) is 56.2 Å². The third-order valence-corrected chi connectivity index (χ3v) is 2.75. The summed E-state index contributed by atoms with van der Waals surface area (Å²) in [5.41, 5.74) is 1.60. The van der Waals surface area contributed by atoms with Crippen molar-refractivity contribution in [2.24, 2.45) is 7.05 Å². The second kappa shape index (κ2) is 3.35. The van der Waals surface area contributed by atoms with Gasteiger partial charge in [-0.05, 0) is 18.6 Å². The number of nitrogens with one attached hydrogen (secondary N) is 1. The van der Waals surface area contributed by atoms with E-state index in [-0.39, 0.29) is 5.69 Å². The Morgan fingerprint density at radius 2 is 2.18 bits per heavy atom. The van der Waals surface area contributed by atoms with Gasteiger partial charge >= 0.3 is 5.69 Å². The van der Waals surface area contributed by atoms with Gasteiger partial charge in [0.25, 0.3) is 0 Å². The van der Waals surface area contributed by atoms with Crippen LogP contribution in [0, 0.1) is 6.92 Å². The highest BCUT2D eigenvalue weighted by Crippen LogP contribution is 2.41. The average Bonchev–Trinajstić information content (AvgIpc) is 2.29. The average molecular weight is 229 g/mol. The SMILES string of the molecule is Cc1cccc2c1Nc1nc(=O)n(C)cc1O2. The summed E-state index contributed by atoms with van der Waals surface area (Å²) in [6.45, 7) is 1.97. The van der Waals surface area contributed by atoms with Gasteiger partial charge in [0.15, 0.2) is 17.3 Å². The van der Waals surface area contributed by atoms with Crippen LogP contribution in [0.4, 0.5) is 11.5 Å². The second-order valence-electron chi connectivity index (χ2n) is 4.02. The van der Waals surface area contributed by atoms with Crippen molar-refractivity contribution in [3.05, 3.63) is 40.4 Å². The summed E-state index contributed by atoms with van der Waals surface area (Å²) in [7, 11) is 1.64. The van der Waals surface area contributed by atoms with Gasteiger partial charge in [0.2, 0.25) is 0 Å². The van der Waals surface area contributed by atoms with Gasteiger partial charge < -0.3 is 10.1 Å². The highest BCUT2D eigenvalue weighted by Gasteiger charge is 2.19. The molecule has 0 aliphatic carbocycles. The molecule has 1 aromatic carbocycles. The minimum absolute atomic E-state index is 0.308. The summed E-state index contributed by atoms with van der Waals surface area (Å²) in [6, 6.07) is 5.78. The maximum absolute atomic E-state index is 11.4. The number of anilines is 2. The first-order chi connectivity index (χ1) is 8.15. The van der Waals surface area contributed by atoms with E-state index in [4.69, 9.17) is 4.74 Å². The molecular weight excluding hydrogens is 218 g/mol. The van der Waals surface area contributed by atoms with Crippen LogP contribution in [0.3, 0.4) is 0 Å². The predicted molar refractivity (Wildman–Crippen MR) is 64.0 cm³/mol. The molecule has 5 heteroatoms. The number of rotatable bonds is 0. The molecule has 0 atom stereocenters. The molecule has 17 heavy (non-hydrogen) atoms. The van der Waals surface area contributed by atoms with Gasteiger partial charge in [-0.3, -0.25) is 4.57 Å². The molecule has 0 fully saturated rings. The van der Waals surface area contributed by atoms with E-state index in [0.29, 0.717) is 11.6 Å². The lowest BCUT2D eigenvalue weighted by atomic mass is 10.1. The van der Waals surface area contributed by atoms with Gasteiger partial charge in [0.05, 0.1) is 11.9 Å². The second-order valence-corrected chi connectivity index (χ2v) is 4.02. The number of aromatic nitrogens is 2. The largest absolute Gasteiger partial charge is 0.450 e. The van der Waals surface area contributed by atoms with Crippen molar-refractivity contribution in [2.75, 3.05) is 5.32 Å². The molecule has 0 radical (unpaired) electrons. The van der Waals surface area contributed by atoms with Crippen LogP contribution in [0.5, 0.6) is 11.5 Å². The maximum Gasteiger partial charge on any atom is 0.349 e. The Morgan fingerprint density at radius 3 is 3.00 bits per heavy atom. The summed E-state index contributed by atoms with van der Waals surface area (Å²) >= 11 is 0. The number of fused-ring (bicyclic) bond motifs is 2. The van der Waals surface area contributed by atoms with Crippen LogP contribution in [0.1, 0.15) is 5.56 Å². The van der Waals surface area contributed by atoms with Crippen molar-refractivity contribution < 1.29 is 4.74 Å². The van der Waals surface area contributed by atoms with Crippen molar-refractivity contribution in [3.8, 4) is 11.5 Å². The Balaban J connectivity index is 2.17. The molecule has 1 N–H and O–H groups in total. The lowest BCUT2D eigenvalue weighted by Gasteiger charge is -2.22. The molecule has 0 unspecified atom stereocenters. The van der Waals surface area contributed by atoms with Crippen LogP contribution >= 0.6 is 0 Å². The van der Waals surface area contributed by atoms with E-state index in [1.54, 1.807) is 13.2 Å². The van der Waals surface area contributed by atoms with Crippen LogP contribution in [-0.4, -0.2) is 9.55 Å². The molecule has 3 rings (SSSR count). The van der Waals surface area contributed by atoms with Crippen molar-refractivity contribution in [1.29, 1.82) is 0 Å². The van der Waals surface area contributed by atoms with Crippen LogP contribution in [0.25, 0.3) is 0 Å². The smallest absolute Gasteiger partial charge is 0.349 e. The molecule has 1 aliphatic heterocycles. The lowest BCUT2D eigenvalue weighted by Crippen LogP contribution is -2.22. The normalized spacial score (nSPS) is 12.1. The van der Waals surface area contributed by atoms with Gasteiger partial charge in [-0.25, -0.2) is 4.79 Å². The molecule has 0 amide bonds. The number of hydrogen-bond acceptors (Lipinski definition) is 4. The minimum atomic E-state index is -0.308. The predicted octanol–water partition coefficient (Wildman–Crippen LogP) is 1.94. The van der Waals surface area contributed by atoms with E-state index >= 15 is 0 Å². The van der Waals surface area contributed by atoms with Gasteiger partial charge in [-0.2, -0.15) is 4.98 Å². The number of ether oxygens (including phenoxy) is 1. The monoisotopic (exact) mass is 229 g/mol. The zero-order valence-corrected chi connectivity index (χ0v) is 9.52. The molecule has 1 aliphatic rings. The Hall–Kier alpha value is -2.30. The zero-order valence-electron chi connectivity index (χ0n) is 9.52.